The fourth-order valence-corrected chi connectivity index (χ4v) is 1.31. The van der Waals surface area contributed by atoms with Crippen molar-refractivity contribution < 1.29 is 9.59 Å². The van der Waals surface area contributed by atoms with Crippen LogP contribution in [0, 0.1) is 5.92 Å². The molecule has 1 heterocycles. The van der Waals surface area contributed by atoms with Gasteiger partial charge in [0.15, 0.2) is 0 Å². The van der Waals surface area contributed by atoms with Crippen molar-refractivity contribution in [3.63, 3.8) is 0 Å². The summed E-state index contributed by atoms with van der Waals surface area (Å²) in [6.45, 7) is 1.99. The smallest absolute Gasteiger partial charge is 0.288 e. The number of nitrogens with zero attached hydrogens (tertiary/aromatic N) is 1. The maximum atomic E-state index is 10.7. The van der Waals surface area contributed by atoms with E-state index in [2.05, 4.69) is 15.6 Å². The maximum absolute atomic E-state index is 10.7. The van der Waals surface area contributed by atoms with Crippen molar-refractivity contribution in [2.75, 3.05) is 0 Å². The van der Waals surface area contributed by atoms with Crippen molar-refractivity contribution >= 4 is 17.8 Å². The fourth-order valence-electron chi connectivity index (χ4n) is 1.31. The Kier molecular flexibility index (Phi) is 1.79. The number of carbonyl (C=O) groups excluding carboxylic acids is 2. The fraction of sp³-hybridized carbons (Fsp3) is 0.625. The molecule has 0 spiro atoms. The Balaban J connectivity index is 2.00. The summed E-state index contributed by atoms with van der Waals surface area (Å²) in [5.41, 5.74) is 0. The average Bonchev–Trinajstić information content (AvgIpc) is 2.81. The molecule has 0 radical (unpaired) electrons. The van der Waals surface area contributed by atoms with Crippen LogP contribution >= 0.6 is 0 Å². The topological polar surface area (TPSA) is 70.6 Å². The van der Waals surface area contributed by atoms with E-state index < -0.39 is 11.8 Å². The van der Waals surface area contributed by atoms with E-state index >= 15 is 0 Å². The molecule has 2 N–H and O–H groups in total. The molecule has 70 valence electrons. The van der Waals surface area contributed by atoms with Gasteiger partial charge in [-0.2, -0.15) is 0 Å². The van der Waals surface area contributed by atoms with Gasteiger partial charge in [0.1, 0.15) is 0 Å². The molecule has 5 heteroatoms. The van der Waals surface area contributed by atoms with Crippen molar-refractivity contribution in [3.8, 4) is 0 Å². The Morgan fingerprint density at radius 3 is 2.31 bits per heavy atom. The lowest BCUT2D eigenvalue weighted by atomic mass is 10.2. The minimum atomic E-state index is -0.623. The second-order valence-corrected chi connectivity index (χ2v) is 3.46. The van der Waals surface area contributed by atoms with Crippen LogP contribution in [0.3, 0.4) is 0 Å². The molecule has 2 rings (SSSR count). The van der Waals surface area contributed by atoms with Gasteiger partial charge in [-0.15, -0.1) is 0 Å². The molecule has 5 nitrogen and oxygen atoms in total. The molecular formula is C8H11N3O2. The second-order valence-electron chi connectivity index (χ2n) is 3.46. The van der Waals surface area contributed by atoms with E-state index in [1.165, 1.54) is 12.8 Å². The molecule has 0 bridgehead atoms. The zero-order chi connectivity index (χ0) is 9.42. The molecular weight excluding hydrogens is 170 g/mol. The molecule has 1 aliphatic carbocycles. The van der Waals surface area contributed by atoms with Crippen LogP contribution in [-0.2, 0) is 9.59 Å². The van der Waals surface area contributed by atoms with Crippen molar-refractivity contribution in [3.05, 3.63) is 0 Å². The van der Waals surface area contributed by atoms with Gasteiger partial charge in [0.2, 0.25) is 5.96 Å². The largest absolute Gasteiger partial charge is 0.316 e. The lowest BCUT2D eigenvalue weighted by Gasteiger charge is -2.03. The summed E-state index contributed by atoms with van der Waals surface area (Å²) >= 11 is 0. The van der Waals surface area contributed by atoms with Crippen molar-refractivity contribution in [1.29, 1.82) is 0 Å². The summed E-state index contributed by atoms with van der Waals surface area (Å²) in [5, 5.41) is 4.74. The third-order valence-electron chi connectivity index (χ3n) is 2.31. The quantitative estimate of drug-likeness (QED) is 0.558. The number of amides is 2. The van der Waals surface area contributed by atoms with Gasteiger partial charge in [-0.25, -0.2) is 4.99 Å². The van der Waals surface area contributed by atoms with Crippen LogP contribution in [0.15, 0.2) is 4.99 Å². The molecule has 1 atom stereocenters. The molecule has 1 saturated heterocycles. The van der Waals surface area contributed by atoms with E-state index in [0.29, 0.717) is 11.9 Å². The van der Waals surface area contributed by atoms with E-state index in [1.807, 2.05) is 6.92 Å². The highest BCUT2D eigenvalue weighted by Crippen LogP contribution is 2.33. The Morgan fingerprint density at radius 1 is 1.31 bits per heavy atom. The van der Waals surface area contributed by atoms with Crippen molar-refractivity contribution in [2.45, 2.75) is 25.8 Å². The summed E-state index contributed by atoms with van der Waals surface area (Å²) in [6.07, 6.45) is 2.39. The monoisotopic (exact) mass is 181 g/mol. The number of guanidine groups is 1. The van der Waals surface area contributed by atoms with Crippen LogP contribution in [0.1, 0.15) is 19.8 Å². The molecule has 0 aromatic rings. The average molecular weight is 181 g/mol. The molecule has 1 saturated carbocycles. The summed E-state index contributed by atoms with van der Waals surface area (Å²) in [6, 6.07) is 0.189. The number of nitrogens with one attached hydrogen (secondary N) is 2. The summed E-state index contributed by atoms with van der Waals surface area (Å²) in [5.74, 6) is -0.320. The van der Waals surface area contributed by atoms with Crippen molar-refractivity contribution in [1.82, 2.24) is 10.6 Å². The van der Waals surface area contributed by atoms with E-state index in [1.54, 1.807) is 0 Å². The van der Waals surface area contributed by atoms with E-state index in [-0.39, 0.29) is 6.04 Å². The van der Waals surface area contributed by atoms with E-state index in [9.17, 15) is 9.59 Å². The first-order valence-electron chi connectivity index (χ1n) is 4.37. The Bertz CT molecular complexity index is 276. The first-order valence-corrected chi connectivity index (χ1v) is 4.37. The maximum Gasteiger partial charge on any atom is 0.316 e. The lowest BCUT2D eigenvalue weighted by Crippen LogP contribution is -2.27. The Morgan fingerprint density at radius 2 is 1.85 bits per heavy atom. The predicted octanol–water partition coefficient (Wildman–Crippen LogP) is -0.613. The highest BCUT2D eigenvalue weighted by atomic mass is 16.2. The standard InChI is InChI=1S/C8H11N3O2/c1-4(5-2-3-5)9-8-10-6(12)7(13)11-8/h4-5H,2-3H2,1H3,(H2,9,10,11,12,13). The highest BCUT2D eigenvalue weighted by molar-refractivity contribution is 6.45. The third-order valence-corrected chi connectivity index (χ3v) is 2.31. The number of hydrogen-bond acceptors (Lipinski definition) is 3. The summed E-state index contributed by atoms with van der Waals surface area (Å²) in [4.78, 5) is 25.7. The minimum absolute atomic E-state index is 0.189. The van der Waals surface area contributed by atoms with E-state index in [4.69, 9.17) is 0 Å². The SMILES string of the molecule is CC(N=C1NC(=O)C(=O)N1)C1CC1. The molecule has 13 heavy (non-hydrogen) atoms. The second kappa shape index (κ2) is 2.83. The number of hydrogen-bond donors (Lipinski definition) is 2. The van der Waals surface area contributed by atoms with Gasteiger partial charge in [0.05, 0.1) is 6.04 Å². The Hall–Kier alpha value is -1.39. The summed E-state index contributed by atoms with van der Waals surface area (Å²) < 4.78 is 0. The van der Waals surface area contributed by atoms with Crippen LogP contribution in [0.5, 0.6) is 0 Å². The van der Waals surface area contributed by atoms with Crippen LogP contribution < -0.4 is 10.6 Å². The number of aliphatic imine (C=N–C) groups is 1. The molecule has 2 fully saturated rings. The molecule has 1 aliphatic heterocycles. The highest BCUT2D eigenvalue weighted by Gasteiger charge is 2.30. The van der Waals surface area contributed by atoms with Gasteiger partial charge in [-0.1, -0.05) is 0 Å². The van der Waals surface area contributed by atoms with Gasteiger partial charge in [-0.05, 0) is 25.7 Å². The number of carbonyl (C=O) groups is 2. The Labute approximate surface area is 75.6 Å². The molecule has 2 aliphatic rings. The third kappa shape index (κ3) is 1.68. The van der Waals surface area contributed by atoms with Gasteiger partial charge < -0.3 is 0 Å². The van der Waals surface area contributed by atoms with Gasteiger partial charge in [0, 0.05) is 0 Å². The minimum Gasteiger partial charge on any atom is -0.288 e. The molecule has 1 unspecified atom stereocenters. The first-order chi connectivity index (χ1) is 6.16. The van der Waals surface area contributed by atoms with Crippen LogP contribution in [0.2, 0.25) is 0 Å². The molecule has 2 amide bonds. The zero-order valence-corrected chi connectivity index (χ0v) is 7.33. The van der Waals surface area contributed by atoms with Gasteiger partial charge in [-0.3, -0.25) is 20.2 Å². The van der Waals surface area contributed by atoms with Crippen LogP contribution in [0.4, 0.5) is 0 Å². The predicted molar refractivity (Wildman–Crippen MR) is 45.9 cm³/mol. The van der Waals surface area contributed by atoms with Gasteiger partial charge >= 0.3 is 11.8 Å². The molecule has 0 aromatic heterocycles. The normalized spacial score (nSPS) is 23.9. The zero-order valence-electron chi connectivity index (χ0n) is 7.33. The van der Waals surface area contributed by atoms with E-state index in [0.717, 1.165) is 0 Å². The van der Waals surface area contributed by atoms with Crippen LogP contribution in [-0.4, -0.2) is 23.8 Å². The van der Waals surface area contributed by atoms with Crippen molar-refractivity contribution in [2.24, 2.45) is 10.9 Å². The molecule has 0 aromatic carbocycles. The lowest BCUT2D eigenvalue weighted by molar-refractivity contribution is -0.135. The number of rotatable bonds is 2. The van der Waals surface area contributed by atoms with Gasteiger partial charge in [0.25, 0.3) is 0 Å². The first kappa shape index (κ1) is 8.22. The summed E-state index contributed by atoms with van der Waals surface area (Å²) in [7, 11) is 0. The van der Waals surface area contributed by atoms with Crippen LogP contribution in [0.25, 0.3) is 0 Å².